The van der Waals surface area contributed by atoms with Gasteiger partial charge < -0.3 is 43.6 Å². The van der Waals surface area contributed by atoms with Crippen LogP contribution < -0.4 is 91.4 Å². The molecule has 6 aliphatic rings. The van der Waals surface area contributed by atoms with E-state index in [1.54, 1.807) is 0 Å². The highest BCUT2D eigenvalue weighted by Gasteiger charge is 2.50. The molecule has 0 radical (unpaired) electrons. The number of fused-ring (bicyclic) bond motifs is 16. The fourth-order valence-electron chi connectivity index (χ4n) is 16.8. The largest absolute Gasteiger partial charge is 0.458 e. The molecule has 0 saturated heterocycles. The molecule has 0 N–H and O–H groups in total. The van der Waals surface area contributed by atoms with Crippen LogP contribution in [0, 0.1) is 0 Å². The number of rotatable bonds is 9. The van der Waals surface area contributed by atoms with Crippen LogP contribution in [-0.2, 0) is 0 Å². The Morgan fingerprint density at radius 2 is 0.586 bits per heavy atom. The van der Waals surface area contributed by atoms with Crippen molar-refractivity contribution < 1.29 is 14.2 Å². The summed E-state index contributed by atoms with van der Waals surface area (Å²) >= 11 is 3.69. The number of ether oxygens (including phenoxy) is 3. The second kappa shape index (κ2) is 21.6. The van der Waals surface area contributed by atoms with Crippen molar-refractivity contribution in [2.75, 3.05) is 50.5 Å². The van der Waals surface area contributed by atoms with Gasteiger partial charge in [0.05, 0.1) is 17.1 Å². The highest BCUT2D eigenvalue weighted by molar-refractivity contribution is 7.34. The van der Waals surface area contributed by atoms with Crippen molar-refractivity contribution >= 4 is 196 Å². The summed E-state index contributed by atoms with van der Waals surface area (Å²) in [6, 6.07) is 106. The number of nitrogens with zero attached hydrogens (tertiary/aromatic N) is 6. The van der Waals surface area contributed by atoms with Crippen molar-refractivity contribution in [3.05, 3.63) is 291 Å². The molecule has 2 aromatic heterocycles. The average molecular weight is 1310 g/mol. The number of hydrogen-bond acceptors (Lipinski definition) is 11. The monoisotopic (exact) mass is 1310 g/mol. The van der Waals surface area contributed by atoms with Gasteiger partial charge in [-0.15, -0.1) is 22.7 Å². The SMILES string of the molecule is CN1c2cc3c(cc2B2c4sc5ccccc5c4Oc4cc(N(c5ccccc5)c5ccccc5)cc1c42)B1c2cc4c(cc2N(C)c2cc(N(c5ccccc5)c5ccccc5)cc(c21)N3C)Oc1cc(N(c2ccccc2)c2ccccc2)cc2c1B4c1sc3ccccc3c1O2. The van der Waals surface area contributed by atoms with E-state index in [1.165, 1.54) is 46.3 Å². The zero-order chi connectivity index (χ0) is 65.3. The van der Waals surface area contributed by atoms with Gasteiger partial charge in [0.2, 0.25) is 0 Å². The average Bonchev–Trinajstić information content (AvgIpc) is 1.67. The minimum Gasteiger partial charge on any atom is -0.458 e. The maximum atomic E-state index is 7.58. The quantitative estimate of drug-likeness (QED) is 0.132. The highest BCUT2D eigenvalue weighted by Crippen LogP contribution is 2.51. The molecule has 14 heteroatoms. The molecular formula is C85H57B3N6O3S2. The van der Waals surface area contributed by atoms with Gasteiger partial charge in [0.1, 0.15) is 34.5 Å². The van der Waals surface area contributed by atoms with Gasteiger partial charge in [-0.05, 0) is 154 Å². The summed E-state index contributed by atoms with van der Waals surface area (Å²) in [7, 11) is 6.79. The Labute approximate surface area is 582 Å². The van der Waals surface area contributed by atoms with E-state index in [1.807, 2.05) is 22.7 Å². The van der Waals surface area contributed by atoms with Gasteiger partial charge in [-0.25, -0.2) is 0 Å². The Balaban J connectivity index is 0.807. The lowest BCUT2D eigenvalue weighted by molar-refractivity contribution is 0.468. The molecule has 466 valence electrons. The van der Waals surface area contributed by atoms with E-state index in [-0.39, 0.29) is 20.1 Å². The molecule has 99 heavy (non-hydrogen) atoms. The van der Waals surface area contributed by atoms with Crippen molar-refractivity contribution in [2.24, 2.45) is 0 Å². The number of hydrogen-bond donors (Lipinski definition) is 0. The second-order valence-electron chi connectivity index (χ2n) is 26.4. The fraction of sp³-hybridized carbons (Fsp3) is 0.0353. The minimum atomic E-state index is -0.213. The first-order valence-corrected chi connectivity index (χ1v) is 35.4. The lowest BCUT2D eigenvalue weighted by Crippen LogP contribution is -2.65. The van der Waals surface area contributed by atoms with E-state index in [4.69, 9.17) is 14.2 Å². The normalized spacial score (nSPS) is 13.5. The molecule has 15 aromatic rings. The second-order valence-corrected chi connectivity index (χ2v) is 28.6. The van der Waals surface area contributed by atoms with E-state index >= 15 is 0 Å². The molecule has 0 unspecified atom stereocenters. The van der Waals surface area contributed by atoms with E-state index in [9.17, 15) is 0 Å². The number of anilines is 15. The Kier molecular flexibility index (Phi) is 12.3. The summed E-state index contributed by atoms with van der Waals surface area (Å²) < 4.78 is 27.1. The molecule has 6 aliphatic heterocycles. The summed E-state index contributed by atoms with van der Waals surface area (Å²) in [6.45, 7) is -0.552. The topological polar surface area (TPSA) is 47.1 Å². The third-order valence-electron chi connectivity index (χ3n) is 21.1. The van der Waals surface area contributed by atoms with Gasteiger partial charge in [-0.1, -0.05) is 146 Å². The minimum absolute atomic E-state index is 0.140. The smallest absolute Gasteiger partial charge is 0.273 e. The van der Waals surface area contributed by atoms with Crippen LogP contribution in [0.25, 0.3) is 20.2 Å². The first kappa shape index (κ1) is 56.4. The van der Waals surface area contributed by atoms with Gasteiger partial charge in [0, 0.05) is 149 Å². The zero-order valence-corrected chi connectivity index (χ0v) is 55.8. The molecule has 0 amide bonds. The van der Waals surface area contributed by atoms with E-state index in [2.05, 4.69) is 342 Å². The van der Waals surface area contributed by atoms with Crippen LogP contribution in [0.4, 0.5) is 85.3 Å². The predicted molar refractivity (Wildman–Crippen MR) is 418 cm³/mol. The van der Waals surface area contributed by atoms with Gasteiger partial charge >= 0.3 is 0 Å². The van der Waals surface area contributed by atoms with Gasteiger partial charge in [0.25, 0.3) is 20.1 Å². The van der Waals surface area contributed by atoms with Crippen LogP contribution in [0.5, 0.6) is 34.5 Å². The standard InChI is InChI=1S/C85H57B3N6O3S2/c1-89-67-50-68-65(87-80-72(90(68)2)44-59(93(54-30-14-6-15-31-54)55-32-16-7-17-33-55)45-74(80)96-82-61-38-22-24-40-77(61)98-84(82)87)48-63(67)86-64-49-66-73(51-69(64)91(3)71-43-58(42-70(89)79(71)86)92(52-26-10-4-11-27-52)53-28-12-5-13-29-53)95-75-46-60(94(56-34-18-8-19-35-56)57-36-20-9-21-37-57)47-76-81(75)88(66)85-83(97-76)62-39-23-25-41-78(62)99-85/h4-51H,1-3H3. The van der Waals surface area contributed by atoms with Crippen molar-refractivity contribution in [1.82, 2.24) is 0 Å². The maximum absolute atomic E-state index is 7.58. The predicted octanol–water partition coefficient (Wildman–Crippen LogP) is 16.6. The van der Waals surface area contributed by atoms with Crippen molar-refractivity contribution in [3.8, 4) is 34.5 Å². The molecule has 0 aliphatic carbocycles. The molecular weight excluding hydrogens is 1250 g/mol. The molecule has 0 bridgehead atoms. The maximum Gasteiger partial charge on any atom is 0.273 e. The molecule has 9 nitrogen and oxygen atoms in total. The molecule has 0 fully saturated rings. The molecule has 0 atom stereocenters. The van der Waals surface area contributed by atoms with Gasteiger partial charge in [-0.2, -0.15) is 0 Å². The lowest BCUT2D eigenvalue weighted by atomic mass is 9.30. The van der Waals surface area contributed by atoms with Crippen LogP contribution in [0.1, 0.15) is 0 Å². The number of thiophene rings is 2. The molecule has 8 heterocycles. The lowest BCUT2D eigenvalue weighted by Gasteiger charge is -2.45. The van der Waals surface area contributed by atoms with E-state index in [0.29, 0.717) is 0 Å². The van der Waals surface area contributed by atoms with Crippen LogP contribution in [0.2, 0.25) is 0 Å². The number of benzene rings is 13. The Morgan fingerprint density at radius 3 is 1.02 bits per heavy atom. The van der Waals surface area contributed by atoms with Crippen LogP contribution >= 0.6 is 22.7 Å². The summed E-state index contributed by atoms with van der Waals surface area (Å²) in [5.74, 6) is 5.10. The highest BCUT2D eigenvalue weighted by atomic mass is 32.1. The summed E-state index contributed by atoms with van der Waals surface area (Å²) in [6.07, 6.45) is 0. The van der Waals surface area contributed by atoms with E-state index in [0.717, 1.165) is 142 Å². The van der Waals surface area contributed by atoms with Crippen molar-refractivity contribution in [1.29, 1.82) is 0 Å². The summed E-state index contributed by atoms with van der Waals surface area (Å²) in [4.78, 5) is 14.4. The van der Waals surface area contributed by atoms with Crippen molar-refractivity contribution in [3.63, 3.8) is 0 Å². The zero-order valence-electron chi connectivity index (χ0n) is 54.2. The third kappa shape index (κ3) is 8.36. The molecule has 0 spiro atoms. The summed E-state index contributed by atoms with van der Waals surface area (Å²) in [5.41, 5.74) is 24.4. The number of para-hydroxylation sites is 6. The van der Waals surface area contributed by atoms with E-state index < -0.39 is 0 Å². The summed E-state index contributed by atoms with van der Waals surface area (Å²) in [5, 5.41) is 2.24. The Morgan fingerprint density at radius 1 is 0.263 bits per heavy atom. The van der Waals surface area contributed by atoms with Crippen LogP contribution in [0.3, 0.4) is 0 Å². The first-order chi connectivity index (χ1) is 48.8. The van der Waals surface area contributed by atoms with Crippen LogP contribution in [-0.4, -0.2) is 41.3 Å². The van der Waals surface area contributed by atoms with Gasteiger partial charge in [-0.3, -0.25) is 0 Å². The van der Waals surface area contributed by atoms with Gasteiger partial charge in [0.15, 0.2) is 0 Å². The molecule has 0 saturated carbocycles. The fourth-order valence-corrected chi connectivity index (χ4v) is 19.3. The third-order valence-corrected chi connectivity index (χ3v) is 23.5. The molecule has 13 aromatic carbocycles. The molecule has 21 rings (SSSR count). The Bertz CT molecular complexity index is 5730. The Hall–Kier alpha value is -11.8. The first-order valence-electron chi connectivity index (χ1n) is 33.7. The van der Waals surface area contributed by atoms with Crippen LogP contribution in [0.15, 0.2) is 291 Å². The van der Waals surface area contributed by atoms with Crippen molar-refractivity contribution in [2.45, 2.75) is 0 Å².